The van der Waals surface area contributed by atoms with Gasteiger partial charge >= 0.3 is 0 Å². The van der Waals surface area contributed by atoms with Crippen LogP contribution in [0.1, 0.15) is 20.8 Å². The van der Waals surface area contributed by atoms with E-state index < -0.39 is 15.6 Å². The number of anilines is 1. The molecule has 0 unspecified atom stereocenters. The normalized spacial score (nSPS) is 12.1. The van der Waals surface area contributed by atoms with E-state index in [1.807, 2.05) is 0 Å². The Balaban J connectivity index is 1.62. The molecule has 8 nitrogen and oxygen atoms in total. The molecule has 0 aliphatic carbocycles. The Kier molecular flexibility index (Phi) is 6.30. The number of hydrogen-bond donors (Lipinski definition) is 3. The van der Waals surface area contributed by atoms with Crippen molar-refractivity contribution in [2.75, 3.05) is 11.1 Å². The Bertz CT molecular complexity index is 1230. The van der Waals surface area contributed by atoms with Crippen LogP contribution in [0, 0.1) is 0 Å². The van der Waals surface area contributed by atoms with Crippen molar-refractivity contribution in [3.63, 3.8) is 0 Å². The van der Waals surface area contributed by atoms with Crippen LogP contribution >= 0.6 is 11.8 Å². The van der Waals surface area contributed by atoms with Gasteiger partial charge in [0.15, 0.2) is 5.16 Å². The molecular formula is C20H22N4O4S2. The number of hydrogen-bond acceptors (Lipinski definition) is 6. The van der Waals surface area contributed by atoms with Crippen molar-refractivity contribution in [1.29, 1.82) is 0 Å². The molecule has 0 saturated carbocycles. The third-order valence-corrected chi connectivity index (χ3v) is 6.47. The fourth-order valence-electron chi connectivity index (χ4n) is 2.64. The third-order valence-electron chi connectivity index (χ3n) is 3.82. The van der Waals surface area contributed by atoms with Gasteiger partial charge in [-0.15, -0.1) is 0 Å². The molecule has 0 saturated heterocycles. The highest BCUT2D eigenvalue weighted by Crippen LogP contribution is 2.18. The Morgan fingerprint density at radius 3 is 2.43 bits per heavy atom. The van der Waals surface area contributed by atoms with Crippen LogP contribution in [0.5, 0.6) is 0 Å². The van der Waals surface area contributed by atoms with Gasteiger partial charge in [0, 0.05) is 11.2 Å². The standard InChI is InChI=1S/C20H22N4O4S2/c1-20(2,3)24-30(27,28)14-10-8-13(9-11-14)21-17(25)12-29-19-22-16-7-5-4-6-15(16)18(26)23-19/h4-11,24H,12H2,1-3H3,(H,21,25)(H,22,23,26). The van der Waals surface area contributed by atoms with Crippen LogP contribution in [0.15, 0.2) is 63.4 Å². The molecule has 10 heteroatoms. The first-order valence-electron chi connectivity index (χ1n) is 9.09. The maximum absolute atomic E-state index is 12.3. The minimum absolute atomic E-state index is 0.0346. The van der Waals surface area contributed by atoms with E-state index in [4.69, 9.17) is 0 Å². The van der Waals surface area contributed by atoms with Gasteiger partial charge in [0.05, 0.1) is 21.6 Å². The SMILES string of the molecule is CC(C)(C)NS(=O)(=O)c1ccc(NC(=O)CSc2nc3ccccc3c(=O)[nH]2)cc1. The average molecular weight is 447 g/mol. The van der Waals surface area contributed by atoms with Crippen molar-refractivity contribution >= 4 is 44.3 Å². The number of H-pyrrole nitrogens is 1. The second-order valence-electron chi connectivity index (χ2n) is 7.60. The number of amides is 1. The van der Waals surface area contributed by atoms with Crippen LogP contribution in [0.4, 0.5) is 5.69 Å². The van der Waals surface area contributed by atoms with Crippen LogP contribution in [-0.4, -0.2) is 35.6 Å². The lowest BCUT2D eigenvalue weighted by Gasteiger charge is -2.20. The lowest BCUT2D eigenvalue weighted by molar-refractivity contribution is -0.113. The van der Waals surface area contributed by atoms with Crippen molar-refractivity contribution in [2.45, 2.75) is 36.4 Å². The van der Waals surface area contributed by atoms with E-state index in [1.165, 1.54) is 24.3 Å². The summed E-state index contributed by atoms with van der Waals surface area (Å²) in [5.74, 6) is -0.272. The number of aromatic amines is 1. The van der Waals surface area contributed by atoms with E-state index in [1.54, 1.807) is 45.0 Å². The summed E-state index contributed by atoms with van der Waals surface area (Å²) in [6, 6.07) is 12.9. The van der Waals surface area contributed by atoms with E-state index in [9.17, 15) is 18.0 Å². The van der Waals surface area contributed by atoms with Crippen molar-refractivity contribution in [2.24, 2.45) is 0 Å². The maximum atomic E-state index is 12.3. The highest BCUT2D eigenvalue weighted by molar-refractivity contribution is 7.99. The summed E-state index contributed by atoms with van der Waals surface area (Å²) in [4.78, 5) is 31.4. The number of carbonyl (C=O) groups is 1. The molecule has 0 aliphatic rings. The lowest BCUT2D eigenvalue weighted by atomic mass is 10.1. The number of benzene rings is 2. The largest absolute Gasteiger partial charge is 0.325 e. The van der Waals surface area contributed by atoms with Gasteiger partial charge in [-0.3, -0.25) is 9.59 Å². The molecule has 0 spiro atoms. The van der Waals surface area contributed by atoms with Gasteiger partial charge in [0.1, 0.15) is 0 Å². The molecule has 0 bridgehead atoms. The monoisotopic (exact) mass is 446 g/mol. The summed E-state index contributed by atoms with van der Waals surface area (Å²) in [6.45, 7) is 5.28. The first-order valence-corrected chi connectivity index (χ1v) is 11.6. The molecule has 0 atom stereocenters. The smallest absolute Gasteiger partial charge is 0.259 e. The van der Waals surface area contributed by atoms with Gasteiger partial charge in [0.2, 0.25) is 15.9 Å². The number of para-hydroxylation sites is 1. The number of fused-ring (bicyclic) bond motifs is 1. The van der Waals surface area contributed by atoms with Gasteiger partial charge in [-0.2, -0.15) is 0 Å². The number of sulfonamides is 1. The molecule has 1 heterocycles. The predicted octanol–water partition coefficient (Wildman–Crippen LogP) is 2.73. The molecule has 1 aromatic heterocycles. The van der Waals surface area contributed by atoms with Gasteiger partial charge < -0.3 is 10.3 Å². The van der Waals surface area contributed by atoms with E-state index in [-0.39, 0.29) is 22.1 Å². The van der Waals surface area contributed by atoms with Gasteiger partial charge in [-0.1, -0.05) is 23.9 Å². The minimum Gasteiger partial charge on any atom is -0.325 e. The molecule has 1 amide bonds. The molecule has 0 fully saturated rings. The average Bonchev–Trinajstić information content (AvgIpc) is 2.65. The number of thioether (sulfide) groups is 1. The zero-order chi connectivity index (χ0) is 21.9. The van der Waals surface area contributed by atoms with Crippen molar-refractivity contribution in [1.82, 2.24) is 14.7 Å². The number of rotatable bonds is 6. The summed E-state index contributed by atoms with van der Waals surface area (Å²) >= 11 is 1.11. The Morgan fingerprint density at radius 1 is 1.10 bits per heavy atom. The highest BCUT2D eigenvalue weighted by atomic mass is 32.2. The fraction of sp³-hybridized carbons (Fsp3) is 0.250. The van der Waals surface area contributed by atoms with E-state index in [0.717, 1.165) is 11.8 Å². The molecule has 158 valence electrons. The molecule has 30 heavy (non-hydrogen) atoms. The minimum atomic E-state index is -3.64. The number of aromatic nitrogens is 2. The summed E-state index contributed by atoms with van der Waals surface area (Å²) in [5.41, 5.74) is 0.171. The van der Waals surface area contributed by atoms with Gasteiger partial charge in [-0.25, -0.2) is 18.1 Å². The molecule has 2 aromatic carbocycles. The third kappa shape index (κ3) is 5.68. The number of nitrogens with zero attached hydrogens (tertiary/aromatic N) is 1. The number of nitrogens with one attached hydrogen (secondary N) is 3. The van der Waals surface area contributed by atoms with Crippen molar-refractivity contribution in [3.8, 4) is 0 Å². The molecule has 3 N–H and O–H groups in total. The summed E-state index contributed by atoms with van der Waals surface area (Å²) in [6.07, 6.45) is 0. The van der Waals surface area contributed by atoms with Crippen LogP contribution in [-0.2, 0) is 14.8 Å². The topological polar surface area (TPSA) is 121 Å². The second-order valence-corrected chi connectivity index (χ2v) is 10.3. The van der Waals surface area contributed by atoms with Gasteiger partial charge in [0.25, 0.3) is 5.56 Å². The summed E-state index contributed by atoms with van der Waals surface area (Å²) < 4.78 is 27.2. The molecule has 0 aliphatic heterocycles. The second kappa shape index (κ2) is 8.58. The Morgan fingerprint density at radius 2 is 1.77 bits per heavy atom. The number of carbonyl (C=O) groups excluding carboxylic acids is 1. The first-order chi connectivity index (χ1) is 14.0. The van der Waals surface area contributed by atoms with Gasteiger partial charge in [-0.05, 0) is 57.2 Å². The fourth-order valence-corrected chi connectivity index (χ4v) is 4.73. The molecular weight excluding hydrogens is 424 g/mol. The van der Waals surface area contributed by atoms with Crippen LogP contribution in [0.25, 0.3) is 10.9 Å². The van der Waals surface area contributed by atoms with E-state index in [0.29, 0.717) is 21.7 Å². The van der Waals surface area contributed by atoms with Crippen LogP contribution < -0.4 is 15.6 Å². The predicted molar refractivity (Wildman–Crippen MR) is 118 cm³/mol. The Hall–Kier alpha value is -2.69. The molecule has 3 aromatic rings. The lowest BCUT2D eigenvalue weighted by Crippen LogP contribution is -2.40. The van der Waals surface area contributed by atoms with Crippen molar-refractivity contribution < 1.29 is 13.2 Å². The van der Waals surface area contributed by atoms with Crippen LogP contribution in [0.2, 0.25) is 0 Å². The molecule has 3 rings (SSSR count). The zero-order valence-electron chi connectivity index (χ0n) is 16.7. The maximum Gasteiger partial charge on any atom is 0.259 e. The quantitative estimate of drug-likeness (QED) is 0.395. The zero-order valence-corrected chi connectivity index (χ0v) is 18.4. The highest BCUT2D eigenvalue weighted by Gasteiger charge is 2.21. The van der Waals surface area contributed by atoms with E-state index >= 15 is 0 Å². The molecule has 0 radical (unpaired) electrons. The Labute approximate surface area is 178 Å². The van der Waals surface area contributed by atoms with E-state index in [2.05, 4.69) is 20.0 Å². The summed E-state index contributed by atoms with van der Waals surface area (Å²) in [5, 5.41) is 3.53. The van der Waals surface area contributed by atoms with Crippen LogP contribution in [0.3, 0.4) is 0 Å². The summed E-state index contributed by atoms with van der Waals surface area (Å²) in [7, 11) is -3.64. The van der Waals surface area contributed by atoms with Crippen molar-refractivity contribution in [3.05, 3.63) is 58.9 Å². The first kappa shape index (κ1) is 22.0.